The highest BCUT2D eigenvalue weighted by Crippen LogP contribution is 2.28. The average molecular weight is 386 g/mol. The molecule has 8 heteroatoms. The van der Waals surface area contributed by atoms with Crippen molar-refractivity contribution in [1.82, 2.24) is 9.88 Å². The fraction of sp³-hybridized carbons (Fsp3) is 0.375. The molecule has 0 unspecified atom stereocenters. The van der Waals surface area contributed by atoms with Gasteiger partial charge in [-0.3, -0.25) is 4.90 Å². The van der Waals surface area contributed by atoms with Gasteiger partial charge in [0.2, 0.25) is 0 Å². The normalized spacial score (nSPS) is 14.3. The van der Waals surface area contributed by atoms with Crippen LogP contribution in [0.4, 0.5) is 5.13 Å². The zero-order valence-corrected chi connectivity index (χ0v) is 15.5. The molecule has 1 aromatic heterocycles. The molecule has 3 rings (SSSR count). The van der Waals surface area contributed by atoms with Crippen LogP contribution in [0.15, 0.2) is 18.2 Å². The summed E-state index contributed by atoms with van der Waals surface area (Å²) in [4.78, 5) is 18.4. The van der Waals surface area contributed by atoms with Crippen LogP contribution in [0, 0.1) is 0 Å². The first-order valence-electron chi connectivity index (χ1n) is 7.55. The predicted molar refractivity (Wildman–Crippen MR) is 97.4 cm³/mol. The van der Waals surface area contributed by atoms with Gasteiger partial charge in [-0.2, -0.15) is 0 Å². The number of esters is 1. The largest absolute Gasteiger partial charge is 0.465 e. The number of carbonyl (C=O) groups is 1. The Bertz CT molecular complexity index is 751. The Morgan fingerprint density at radius 2 is 2.29 bits per heavy atom. The molecule has 128 valence electrons. The minimum Gasteiger partial charge on any atom is -0.465 e. The molecule has 0 saturated heterocycles. The monoisotopic (exact) mass is 385 g/mol. The zero-order chi connectivity index (χ0) is 17.1. The molecule has 1 aromatic carbocycles. The summed E-state index contributed by atoms with van der Waals surface area (Å²) >= 11 is 13.4. The molecule has 0 aliphatic carbocycles. The topological polar surface area (TPSA) is 54.5 Å². The summed E-state index contributed by atoms with van der Waals surface area (Å²) in [6.07, 6.45) is 0.963. The minimum absolute atomic E-state index is 0.177. The third-order valence-corrected chi connectivity index (χ3v) is 5.68. The number of thiazole rings is 1. The number of anilines is 1. The first-order valence-corrected chi connectivity index (χ1v) is 9.13. The van der Waals surface area contributed by atoms with Crippen LogP contribution in [0.5, 0.6) is 0 Å². The standard InChI is InChI=1S/C16H17Cl2N3O2S/c1-23-15(22)13-14(18)20-16(24-13)19-6-8-21-7-5-11-10(9-21)3-2-4-12(11)17/h2-4H,5-9H2,1H3,(H,19,20). The van der Waals surface area contributed by atoms with Crippen molar-refractivity contribution in [2.45, 2.75) is 13.0 Å². The van der Waals surface area contributed by atoms with E-state index in [-0.39, 0.29) is 5.15 Å². The van der Waals surface area contributed by atoms with E-state index >= 15 is 0 Å². The molecule has 0 atom stereocenters. The van der Waals surface area contributed by atoms with Crippen molar-refractivity contribution < 1.29 is 9.53 Å². The van der Waals surface area contributed by atoms with E-state index in [1.807, 2.05) is 12.1 Å². The number of nitrogens with one attached hydrogen (secondary N) is 1. The molecular weight excluding hydrogens is 369 g/mol. The van der Waals surface area contributed by atoms with E-state index in [9.17, 15) is 4.79 Å². The Labute approximate surface area is 154 Å². The molecule has 0 spiro atoms. The van der Waals surface area contributed by atoms with Gasteiger partial charge >= 0.3 is 5.97 Å². The Morgan fingerprint density at radius 3 is 3.08 bits per heavy atom. The highest BCUT2D eigenvalue weighted by Gasteiger charge is 2.19. The van der Waals surface area contributed by atoms with Gasteiger partial charge in [-0.1, -0.05) is 46.7 Å². The van der Waals surface area contributed by atoms with E-state index in [0.29, 0.717) is 10.0 Å². The number of rotatable bonds is 5. The molecule has 0 amide bonds. The third-order valence-electron chi connectivity index (χ3n) is 3.95. The molecule has 0 radical (unpaired) electrons. The summed E-state index contributed by atoms with van der Waals surface area (Å²) in [5.41, 5.74) is 2.55. The van der Waals surface area contributed by atoms with E-state index in [2.05, 4.69) is 26.0 Å². The van der Waals surface area contributed by atoms with Crippen LogP contribution >= 0.6 is 34.5 Å². The molecule has 24 heavy (non-hydrogen) atoms. The van der Waals surface area contributed by atoms with Gasteiger partial charge in [0.05, 0.1) is 7.11 Å². The van der Waals surface area contributed by atoms with Crippen LogP contribution in [-0.4, -0.2) is 42.6 Å². The van der Waals surface area contributed by atoms with Crippen LogP contribution in [0.2, 0.25) is 10.2 Å². The second-order valence-electron chi connectivity index (χ2n) is 5.46. The maximum Gasteiger partial charge on any atom is 0.351 e. The smallest absolute Gasteiger partial charge is 0.351 e. The van der Waals surface area contributed by atoms with Crippen LogP contribution in [-0.2, 0) is 17.7 Å². The molecule has 0 fully saturated rings. The molecule has 2 aromatic rings. The first kappa shape index (κ1) is 17.5. The average Bonchev–Trinajstić information content (AvgIpc) is 2.95. The van der Waals surface area contributed by atoms with E-state index in [4.69, 9.17) is 23.2 Å². The maximum atomic E-state index is 11.5. The SMILES string of the molecule is COC(=O)c1sc(NCCN2CCc3c(Cl)cccc3C2)nc1Cl. The van der Waals surface area contributed by atoms with Gasteiger partial charge in [-0.15, -0.1) is 0 Å². The first-order chi connectivity index (χ1) is 11.6. The number of carbonyl (C=O) groups excluding carboxylic acids is 1. The van der Waals surface area contributed by atoms with Gasteiger partial charge in [0.15, 0.2) is 15.2 Å². The summed E-state index contributed by atoms with van der Waals surface area (Å²) in [6, 6.07) is 6.07. The number of aromatic nitrogens is 1. The van der Waals surface area contributed by atoms with Crippen molar-refractivity contribution in [3.8, 4) is 0 Å². The van der Waals surface area contributed by atoms with Crippen molar-refractivity contribution in [2.24, 2.45) is 0 Å². The second kappa shape index (κ2) is 7.70. The lowest BCUT2D eigenvalue weighted by Crippen LogP contribution is -2.34. The molecule has 1 N–H and O–H groups in total. The lowest BCUT2D eigenvalue weighted by atomic mass is 10.00. The summed E-state index contributed by atoms with van der Waals surface area (Å²) in [6.45, 7) is 3.46. The van der Waals surface area contributed by atoms with Crippen LogP contribution in [0.25, 0.3) is 0 Å². The van der Waals surface area contributed by atoms with Crippen LogP contribution < -0.4 is 5.32 Å². The Kier molecular flexibility index (Phi) is 5.61. The number of fused-ring (bicyclic) bond motifs is 1. The number of nitrogens with zero attached hydrogens (tertiary/aromatic N) is 2. The Morgan fingerprint density at radius 1 is 1.46 bits per heavy atom. The second-order valence-corrected chi connectivity index (χ2v) is 7.23. The van der Waals surface area contributed by atoms with Crippen molar-refractivity contribution in [2.75, 3.05) is 32.1 Å². The number of methoxy groups -OCH3 is 1. The fourth-order valence-electron chi connectivity index (χ4n) is 2.73. The molecule has 1 aliphatic heterocycles. The molecular formula is C16H17Cl2N3O2S. The third kappa shape index (κ3) is 3.83. The van der Waals surface area contributed by atoms with E-state index in [1.165, 1.54) is 29.6 Å². The Balaban J connectivity index is 1.53. The number of halogens is 2. The minimum atomic E-state index is -0.463. The number of benzene rings is 1. The van der Waals surface area contributed by atoms with Gasteiger partial charge < -0.3 is 10.1 Å². The van der Waals surface area contributed by atoms with Crippen molar-refractivity contribution >= 4 is 45.6 Å². The summed E-state index contributed by atoms with van der Waals surface area (Å²) in [7, 11) is 1.33. The lowest BCUT2D eigenvalue weighted by Gasteiger charge is -2.29. The Hall–Kier alpha value is -1.34. The highest BCUT2D eigenvalue weighted by atomic mass is 35.5. The van der Waals surface area contributed by atoms with Crippen molar-refractivity contribution in [1.29, 1.82) is 0 Å². The number of ether oxygens (including phenoxy) is 1. The van der Waals surface area contributed by atoms with Gasteiger partial charge in [-0.25, -0.2) is 9.78 Å². The van der Waals surface area contributed by atoms with Crippen molar-refractivity contribution in [3.05, 3.63) is 44.4 Å². The molecule has 2 heterocycles. The zero-order valence-electron chi connectivity index (χ0n) is 13.1. The van der Waals surface area contributed by atoms with Gasteiger partial charge in [-0.05, 0) is 23.6 Å². The quantitative estimate of drug-likeness (QED) is 0.795. The number of hydrogen-bond donors (Lipinski definition) is 1. The van der Waals surface area contributed by atoms with E-state index < -0.39 is 5.97 Å². The van der Waals surface area contributed by atoms with E-state index in [0.717, 1.165) is 37.6 Å². The van der Waals surface area contributed by atoms with Gasteiger partial charge in [0, 0.05) is 31.2 Å². The van der Waals surface area contributed by atoms with Gasteiger partial charge in [0.1, 0.15) is 0 Å². The molecule has 0 saturated carbocycles. The summed E-state index contributed by atoms with van der Waals surface area (Å²) in [5.74, 6) is -0.463. The maximum absolute atomic E-state index is 11.5. The highest BCUT2D eigenvalue weighted by molar-refractivity contribution is 7.18. The molecule has 1 aliphatic rings. The van der Waals surface area contributed by atoms with Crippen LogP contribution in [0.3, 0.4) is 0 Å². The molecule has 5 nitrogen and oxygen atoms in total. The van der Waals surface area contributed by atoms with Crippen molar-refractivity contribution in [3.63, 3.8) is 0 Å². The van der Waals surface area contributed by atoms with Gasteiger partial charge in [0.25, 0.3) is 0 Å². The molecule has 0 bridgehead atoms. The van der Waals surface area contributed by atoms with E-state index in [1.54, 1.807) is 0 Å². The lowest BCUT2D eigenvalue weighted by molar-refractivity contribution is 0.0606. The predicted octanol–water partition coefficient (Wildman–Crippen LogP) is 3.71. The summed E-state index contributed by atoms with van der Waals surface area (Å²) < 4.78 is 4.67. The summed E-state index contributed by atoms with van der Waals surface area (Å²) in [5, 5.41) is 4.88. The van der Waals surface area contributed by atoms with Crippen LogP contribution in [0.1, 0.15) is 20.8 Å². The number of hydrogen-bond acceptors (Lipinski definition) is 6. The fourth-order valence-corrected chi connectivity index (χ4v) is 4.15.